The first kappa shape index (κ1) is 19.2. The predicted molar refractivity (Wildman–Crippen MR) is 86.6 cm³/mol. The van der Waals surface area contributed by atoms with Gasteiger partial charge in [0.2, 0.25) is 0 Å². The van der Waals surface area contributed by atoms with Gasteiger partial charge in [-0.1, -0.05) is 23.7 Å². The van der Waals surface area contributed by atoms with E-state index in [0.29, 0.717) is 21.3 Å². The molecule has 0 aliphatic heterocycles. The molecule has 0 unspecified atom stereocenters. The first-order valence-corrected chi connectivity index (χ1v) is 8.09. The highest BCUT2D eigenvalue weighted by molar-refractivity contribution is 7.17. The Labute approximate surface area is 149 Å². The fraction of sp³-hybridized carbons (Fsp3) is 0.267. The number of thiazole rings is 1. The molecule has 1 aromatic carbocycles. The summed E-state index contributed by atoms with van der Waals surface area (Å²) in [5, 5.41) is 2.66. The summed E-state index contributed by atoms with van der Waals surface area (Å²) in [7, 11) is 0. The Bertz CT molecular complexity index is 793. The van der Waals surface area contributed by atoms with Gasteiger partial charge in [-0.25, -0.2) is 9.78 Å². The number of aryl methyl sites for hydroxylation is 1. The molecule has 5 nitrogen and oxygen atoms in total. The molecule has 0 saturated heterocycles. The molecule has 1 heterocycles. The number of rotatable bonds is 5. The van der Waals surface area contributed by atoms with Crippen molar-refractivity contribution in [2.75, 3.05) is 13.2 Å². The van der Waals surface area contributed by atoms with Crippen LogP contribution >= 0.6 is 22.9 Å². The lowest BCUT2D eigenvalue weighted by Gasteiger charge is -2.08. The first-order valence-electron chi connectivity index (χ1n) is 6.89. The molecule has 1 amide bonds. The van der Waals surface area contributed by atoms with Crippen LogP contribution in [0.4, 0.5) is 13.2 Å². The van der Waals surface area contributed by atoms with Crippen molar-refractivity contribution in [2.45, 2.75) is 13.1 Å². The maximum absolute atomic E-state index is 12.0. The molecular weight excluding hydrogens is 381 g/mol. The van der Waals surface area contributed by atoms with Gasteiger partial charge in [0.25, 0.3) is 5.91 Å². The Morgan fingerprint density at radius 1 is 1.36 bits per heavy atom. The summed E-state index contributed by atoms with van der Waals surface area (Å²) in [5.41, 5.74) is 1.10. The van der Waals surface area contributed by atoms with E-state index in [-0.39, 0.29) is 4.88 Å². The zero-order chi connectivity index (χ0) is 18.6. The second kappa shape index (κ2) is 7.83. The third-order valence-electron chi connectivity index (χ3n) is 2.87. The Hall–Kier alpha value is -2.13. The zero-order valence-electron chi connectivity index (χ0n) is 12.8. The second-order valence-corrected chi connectivity index (χ2v) is 6.35. The van der Waals surface area contributed by atoms with Crippen molar-refractivity contribution in [1.29, 1.82) is 0 Å². The van der Waals surface area contributed by atoms with E-state index in [1.54, 1.807) is 36.5 Å². The van der Waals surface area contributed by atoms with Crippen LogP contribution in [-0.2, 0) is 9.53 Å². The molecule has 134 valence electrons. The van der Waals surface area contributed by atoms with Crippen molar-refractivity contribution in [3.63, 3.8) is 0 Å². The van der Waals surface area contributed by atoms with Gasteiger partial charge in [-0.05, 0) is 19.1 Å². The van der Waals surface area contributed by atoms with Crippen molar-refractivity contribution < 1.29 is 27.5 Å². The molecule has 0 atom stereocenters. The van der Waals surface area contributed by atoms with Crippen LogP contribution in [0.5, 0.6) is 0 Å². The number of halogens is 4. The number of esters is 1. The fourth-order valence-electron chi connectivity index (χ4n) is 1.78. The van der Waals surface area contributed by atoms with Crippen molar-refractivity contribution in [3.8, 4) is 10.6 Å². The minimum Gasteiger partial charge on any atom is -0.451 e. The number of ether oxygens (including phenoxy) is 1. The topological polar surface area (TPSA) is 68.3 Å². The minimum atomic E-state index is -4.53. The smallest absolute Gasteiger partial charge is 0.405 e. The summed E-state index contributed by atoms with van der Waals surface area (Å²) >= 11 is 6.95. The summed E-state index contributed by atoms with van der Waals surface area (Å²) in [6, 6.07) is 6.88. The molecule has 1 N–H and O–H groups in total. The van der Waals surface area contributed by atoms with Crippen molar-refractivity contribution in [1.82, 2.24) is 10.3 Å². The van der Waals surface area contributed by atoms with Gasteiger partial charge in [-0.2, -0.15) is 13.2 Å². The lowest BCUT2D eigenvalue weighted by molar-refractivity contribution is -0.140. The number of carbonyl (C=O) groups is 2. The normalized spacial score (nSPS) is 11.2. The van der Waals surface area contributed by atoms with Crippen LogP contribution in [0, 0.1) is 6.92 Å². The number of hydrogen-bond acceptors (Lipinski definition) is 5. The van der Waals surface area contributed by atoms with Crippen LogP contribution in [0.1, 0.15) is 15.4 Å². The summed E-state index contributed by atoms with van der Waals surface area (Å²) in [6.07, 6.45) is -4.53. The minimum absolute atomic E-state index is 0.165. The number of nitrogens with one attached hydrogen (secondary N) is 1. The van der Waals surface area contributed by atoms with E-state index in [4.69, 9.17) is 16.3 Å². The van der Waals surface area contributed by atoms with Gasteiger partial charge in [0.15, 0.2) is 6.61 Å². The van der Waals surface area contributed by atoms with E-state index < -0.39 is 31.2 Å². The number of aromatic nitrogens is 1. The third kappa shape index (κ3) is 5.71. The van der Waals surface area contributed by atoms with Crippen LogP contribution in [-0.4, -0.2) is 36.2 Å². The fourth-order valence-corrected chi connectivity index (χ4v) is 2.92. The molecular formula is C15H12ClF3N2O3S. The highest BCUT2D eigenvalue weighted by Gasteiger charge is 2.28. The second-order valence-electron chi connectivity index (χ2n) is 4.91. The molecule has 1 aromatic heterocycles. The van der Waals surface area contributed by atoms with Crippen LogP contribution < -0.4 is 5.32 Å². The number of carbonyl (C=O) groups excluding carboxylic acids is 2. The van der Waals surface area contributed by atoms with Gasteiger partial charge in [0.05, 0.1) is 5.69 Å². The number of nitrogens with zero attached hydrogens (tertiary/aromatic N) is 1. The van der Waals surface area contributed by atoms with Gasteiger partial charge >= 0.3 is 12.1 Å². The molecule has 0 radical (unpaired) electrons. The lowest BCUT2D eigenvalue weighted by Crippen LogP contribution is -2.36. The first-order chi connectivity index (χ1) is 11.7. The van der Waals surface area contributed by atoms with E-state index in [0.717, 1.165) is 11.3 Å². The SMILES string of the molecule is Cc1nc(-c2cccc(Cl)c2)sc1C(=O)OCC(=O)NCC(F)(F)F. The Morgan fingerprint density at radius 2 is 2.08 bits per heavy atom. The monoisotopic (exact) mass is 392 g/mol. The summed E-state index contributed by atoms with van der Waals surface area (Å²) in [4.78, 5) is 27.7. The molecule has 0 aliphatic rings. The summed E-state index contributed by atoms with van der Waals surface area (Å²) in [6.45, 7) is -0.703. The molecule has 10 heteroatoms. The average Bonchev–Trinajstić information content (AvgIpc) is 2.92. The number of amides is 1. The summed E-state index contributed by atoms with van der Waals surface area (Å²) < 4.78 is 40.7. The quantitative estimate of drug-likeness (QED) is 0.789. The predicted octanol–water partition coefficient (Wildman–Crippen LogP) is 3.61. The largest absolute Gasteiger partial charge is 0.451 e. The molecule has 0 spiro atoms. The van der Waals surface area contributed by atoms with Gasteiger partial charge in [-0.15, -0.1) is 11.3 Å². The molecule has 25 heavy (non-hydrogen) atoms. The Kier molecular flexibility index (Phi) is 6.02. The summed E-state index contributed by atoms with van der Waals surface area (Å²) in [5.74, 6) is -1.87. The van der Waals surface area contributed by atoms with E-state index in [9.17, 15) is 22.8 Å². The van der Waals surface area contributed by atoms with Crippen LogP contribution in [0.2, 0.25) is 5.02 Å². The van der Waals surface area contributed by atoms with E-state index in [1.807, 2.05) is 0 Å². The van der Waals surface area contributed by atoms with Gasteiger partial charge in [0, 0.05) is 10.6 Å². The molecule has 0 fully saturated rings. The van der Waals surface area contributed by atoms with Crippen molar-refractivity contribution >= 4 is 34.8 Å². The Balaban J connectivity index is 1.99. The number of benzene rings is 1. The molecule has 0 aliphatic carbocycles. The van der Waals surface area contributed by atoms with Crippen LogP contribution in [0.15, 0.2) is 24.3 Å². The third-order valence-corrected chi connectivity index (χ3v) is 4.30. The molecule has 0 saturated carbocycles. The Morgan fingerprint density at radius 3 is 2.72 bits per heavy atom. The van der Waals surface area contributed by atoms with Crippen LogP contribution in [0.3, 0.4) is 0 Å². The van der Waals surface area contributed by atoms with Crippen LogP contribution in [0.25, 0.3) is 10.6 Å². The van der Waals surface area contributed by atoms with E-state index in [2.05, 4.69) is 4.98 Å². The van der Waals surface area contributed by atoms with Crippen molar-refractivity contribution in [2.24, 2.45) is 0 Å². The maximum Gasteiger partial charge on any atom is 0.405 e. The van der Waals surface area contributed by atoms with Gasteiger partial charge in [0.1, 0.15) is 16.4 Å². The highest BCUT2D eigenvalue weighted by Crippen LogP contribution is 2.29. The zero-order valence-corrected chi connectivity index (χ0v) is 14.4. The molecule has 2 rings (SSSR count). The van der Waals surface area contributed by atoms with E-state index in [1.165, 1.54) is 0 Å². The van der Waals surface area contributed by atoms with Crippen molar-refractivity contribution in [3.05, 3.63) is 39.9 Å². The standard InChI is InChI=1S/C15H12ClF3N2O3S/c1-8-12(14(23)24-6-11(22)20-7-15(17,18)19)25-13(21-8)9-3-2-4-10(16)5-9/h2-5H,6-7H2,1H3,(H,20,22). The van der Waals surface area contributed by atoms with Gasteiger partial charge in [-0.3, -0.25) is 4.79 Å². The van der Waals surface area contributed by atoms with E-state index >= 15 is 0 Å². The van der Waals surface area contributed by atoms with Gasteiger partial charge < -0.3 is 10.1 Å². The lowest BCUT2D eigenvalue weighted by atomic mass is 10.2. The maximum atomic E-state index is 12.0. The highest BCUT2D eigenvalue weighted by atomic mass is 35.5. The molecule has 0 bridgehead atoms. The average molecular weight is 393 g/mol. The molecule has 2 aromatic rings. The number of alkyl halides is 3. The number of hydrogen-bond donors (Lipinski definition) is 1.